The van der Waals surface area contributed by atoms with Gasteiger partial charge >= 0.3 is 6.09 Å². The molecule has 2 aromatic heterocycles. The molecule has 2 saturated heterocycles. The molecule has 2 fully saturated rings. The molecule has 0 aliphatic carbocycles. The number of likely N-dealkylation sites (tertiary alicyclic amines) is 1. The maximum Gasteiger partial charge on any atom is 0.407 e. The normalized spacial score (nSPS) is 18.8. The van der Waals surface area contributed by atoms with Crippen molar-refractivity contribution in [3.05, 3.63) is 23.2 Å². The average Bonchev–Trinajstić information content (AvgIpc) is 3.29. The number of methoxy groups -OCH3 is 1. The molecule has 2 N–H and O–H groups in total. The van der Waals surface area contributed by atoms with Crippen LogP contribution in [0.5, 0.6) is 5.88 Å². The smallest absolute Gasteiger partial charge is 0.407 e. The summed E-state index contributed by atoms with van der Waals surface area (Å²) in [7, 11) is 1.58. The number of thiazole rings is 1. The van der Waals surface area contributed by atoms with Crippen molar-refractivity contribution in [1.82, 2.24) is 19.9 Å². The van der Waals surface area contributed by atoms with Crippen molar-refractivity contribution in [2.75, 3.05) is 56.7 Å². The average molecular weight is 505 g/mol. The number of halogens is 1. The van der Waals surface area contributed by atoms with Crippen molar-refractivity contribution < 1.29 is 19.4 Å². The zero-order valence-corrected chi connectivity index (χ0v) is 20.2. The number of hydrogen-bond donors (Lipinski definition) is 2. The Hall–Kier alpha value is -2.89. The van der Waals surface area contributed by atoms with Crippen molar-refractivity contribution in [3.63, 3.8) is 0 Å². The number of amides is 1. The number of fused-ring (bicyclic) bond motifs is 1. The molecule has 12 heteroatoms. The van der Waals surface area contributed by atoms with Crippen LogP contribution in [0.1, 0.15) is 12.8 Å². The molecule has 0 bridgehead atoms. The first-order chi connectivity index (χ1) is 16.5. The summed E-state index contributed by atoms with van der Waals surface area (Å²) in [5, 5.41) is 14.2. The molecule has 2 aliphatic rings. The third-order valence-electron chi connectivity index (χ3n) is 5.97. The van der Waals surface area contributed by atoms with Gasteiger partial charge in [-0.05, 0) is 25.0 Å². The van der Waals surface area contributed by atoms with Crippen LogP contribution in [-0.2, 0) is 4.74 Å². The number of piperidine rings is 1. The summed E-state index contributed by atoms with van der Waals surface area (Å²) < 4.78 is 12.1. The lowest BCUT2D eigenvalue weighted by Gasteiger charge is -2.32. The van der Waals surface area contributed by atoms with Crippen molar-refractivity contribution in [3.8, 4) is 16.5 Å². The van der Waals surface area contributed by atoms with Gasteiger partial charge in [-0.2, -0.15) is 9.97 Å². The molecule has 0 radical (unpaired) electrons. The fourth-order valence-electron chi connectivity index (χ4n) is 4.26. The maximum atomic E-state index is 11.5. The van der Waals surface area contributed by atoms with E-state index in [2.05, 4.69) is 10.2 Å². The Labute approximate surface area is 205 Å². The number of ether oxygens (including phenoxy) is 2. The van der Waals surface area contributed by atoms with Gasteiger partial charge in [0.1, 0.15) is 21.9 Å². The summed E-state index contributed by atoms with van der Waals surface area (Å²) in [5.74, 6) is 1.51. The Morgan fingerprint density at radius 3 is 2.82 bits per heavy atom. The van der Waals surface area contributed by atoms with Gasteiger partial charge in [0.2, 0.25) is 11.8 Å². The van der Waals surface area contributed by atoms with Crippen molar-refractivity contribution in [2.24, 2.45) is 0 Å². The van der Waals surface area contributed by atoms with Gasteiger partial charge in [0.15, 0.2) is 0 Å². The van der Waals surface area contributed by atoms with Gasteiger partial charge in [0.05, 0.1) is 30.0 Å². The number of benzene rings is 1. The molecule has 0 saturated carbocycles. The lowest BCUT2D eigenvalue weighted by molar-refractivity contribution is 0.122. The maximum absolute atomic E-state index is 11.5. The van der Waals surface area contributed by atoms with E-state index in [-0.39, 0.29) is 6.04 Å². The first-order valence-corrected chi connectivity index (χ1v) is 12.3. The molecular formula is C22H25ClN6O4S. The lowest BCUT2D eigenvalue weighted by atomic mass is 10.1. The summed E-state index contributed by atoms with van der Waals surface area (Å²) in [5.41, 5.74) is 1.35. The number of hydrogen-bond acceptors (Lipinski definition) is 9. The zero-order valence-electron chi connectivity index (χ0n) is 18.7. The third-order valence-corrected chi connectivity index (χ3v) is 7.31. The molecule has 1 atom stereocenters. The predicted octanol–water partition coefficient (Wildman–Crippen LogP) is 3.81. The Bertz CT molecular complexity index is 1200. The number of rotatable bonds is 5. The van der Waals surface area contributed by atoms with E-state index in [1.54, 1.807) is 7.11 Å². The van der Waals surface area contributed by atoms with Gasteiger partial charge < -0.3 is 29.7 Å². The molecule has 34 heavy (non-hydrogen) atoms. The second-order valence-electron chi connectivity index (χ2n) is 8.17. The number of aromatic nitrogens is 3. The lowest BCUT2D eigenvalue weighted by Crippen LogP contribution is -2.44. The summed E-state index contributed by atoms with van der Waals surface area (Å²) in [4.78, 5) is 29.4. The predicted molar refractivity (Wildman–Crippen MR) is 131 cm³/mol. The topological polar surface area (TPSA) is 113 Å². The quantitative estimate of drug-likeness (QED) is 0.535. The minimum Gasteiger partial charge on any atom is -0.480 e. The van der Waals surface area contributed by atoms with E-state index in [0.29, 0.717) is 78.1 Å². The molecular weight excluding hydrogens is 480 g/mol. The van der Waals surface area contributed by atoms with Gasteiger partial charge in [-0.15, -0.1) is 11.3 Å². The molecule has 0 unspecified atom stereocenters. The molecule has 4 heterocycles. The highest BCUT2D eigenvalue weighted by Crippen LogP contribution is 2.41. The van der Waals surface area contributed by atoms with Crippen LogP contribution in [0, 0.1) is 0 Å². The number of nitrogens with zero attached hydrogens (tertiary/aromatic N) is 5. The van der Waals surface area contributed by atoms with Crippen LogP contribution >= 0.6 is 22.9 Å². The molecule has 2 aliphatic heterocycles. The van der Waals surface area contributed by atoms with E-state index in [0.717, 1.165) is 17.5 Å². The van der Waals surface area contributed by atoms with E-state index in [9.17, 15) is 9.90 Å². The highest BCUT2D eigenvalue weighted by molar-refractivity contribution is 7.21. The second-order valence-corrected chi connectivity index (χ2v) is 9.61. The number of nitrogens with one attached hydrogen (secondary N) is 1. The van der Waals surface area contributed by atoms with E-state index in [1.807, 2.05) is 18.2 Å². The highest BCUT2D eigenvalue weighted by Gasteiger charge is 2.28. The molecule has 3 aromatic rings. The molecule has 10 nitrogen and oxygen atoms in total. The van der Waals surface area contributed by atoms with Gasteiger partial charge in [0, 0.05) is 32.2 Å². The second kappa shape index (κ2) is 9.77. The van der Waals surface area contributed by atoms with Crippen molar-refractivity contribution >= 4 is 51.0 Å². The third kappa shape index (κ3) is 4.55. The van der Waals surface area contributed by atoms with Crippen LogP contribution in [0.2, 0.25) is 5.02 Å². The fraction of sp³-hybridized carbons (Fsp3) is 0.455. The molecule has 1 aromatic carbocycles. The molecule has 5 rings (SSSR count). The van der Waals surface area contributed by atoms with Gasteiger partial charge in [-0.25, -0.2) is 9.78 Å². The minimum atomic E-state index is -0.915. The SMILES string of the molecule is COc1nc(N2CCOCC2)nc(N[C@@H]2CCCN(C(=O)O)C2)c1-c1nc2c(Cl)cccc2s1. The standard InChI is InChI=1S/C22H25ClN6O4S/c1-32-19-16(20-25-17-14(23)5-2-6-15(17)34-20)18(24-13-4-3-7-29(12-13)22(30)31)26-21(27-19)28-8-10-33-11-9-28/h2,5-6,13H,3-4,7-12H2,1H3,(H,30,31)(H,24,26,27)/t13-/m1/s1. The Balaban J connectivity index is 1.59. The zero-order chi connectivity index (χ0) is 23.7. The van der Waals surface area contributed by atoms with E-state index in [4.69, 9.17) is 36.0 Å². The largest absolute Gasteiger partial charge is 0.480 e. The number of morpholine rings is 1. The Morgan fingerprint density at radius 2 is 2.09 bits per heavy atom. The van der Waals surface area contributed by atoms with Crippen LogP contribution in [-0.4, -0.2) is 83.6 Å². The summed E-state index contributed by atoms with van der Waals surface area (Å²) in [6, 6.07) is 5.57. The van der Waals surface area contributed by atoms with Crippen LogP contribution in [0.3, 0.4) is 0 Å². The minimum absolute atomic E-state index is 0.0984. The van der Waals surface area contributed by atoms with Crippen molar-refractivity contribution in [2.45, 2.75) is 18.9 Å². The van der Waals surface area contributed by atoms with Crippen LogP contribution in [0.4, 0.5) is 16.6 Å². The van der Waals surface area contributed by atoms with E-state index < -0.39 is 6.09 Å². The van der Waals surface area contributed by atoms with E-state index >= 15 is 0 Å². The van der Waals surface area contributed by atoms with Gasteiger partial charge in [-0.3, -0.25) is 0 Å². The summed E-state index contributed by atoms with van der Waals surface area (Å²) in [6.07, 6.45) is 0.685. The van der Waals surface area contributed by atoms with Gasteiger partial charge in [-0.1, -0.05) is 17.7 Å². The van der Waals surface area contributed by atoms with Crippen molar-refractivity contribution in [1.29, 1.82) is 0 Å². The first kappa shape index (κ1) is 22.9. The number of anilines is 2. The Morgan fingerprint density at radius 1 is 1.26 bits per heavy atom. The summed E-state index contributed by atoms with van der Waals surface area (Å²) >= 11 is 7.87. The number of para-hydroxylation sites is 1. The molecule has 0 spiro atoms. The molecule has 180 valence electrons. The monoisotopic (exact) mass is 504 g/mol. The van der Waals surface area contributed by atoms with Crippen LogP contribution < -0.4 is 15.0 Å². The number of carbonyl (C=O) groups is 1. The van der Waals surface area contributed by atoms with Crippen LogP contribution in [0.15, 0.2) is 18.2 Å². The first-order valence-electron chi connectivity index (χ1n) is 11.1. The van der Waals surface area contributed by atoms with Gasteiger partial charge in [0.25, 0.3) is 0 Å². The van der Waals surface area contributed by atoms with E-state index in [1.165, 1.54) is 16.2 Å². The highest BCUT2D eigenvalue weighted by atomic mass is 35.5. The summed E-state index contributed by atoms with van der Waals surface area (Å²) in [6.45, 7) is 3.46. The Kier molecular flexibility index (Phi) is 6.57. The fourth-order valence-corrected chi connectivity index (χ4v) is 5.57. The molecule has 1 amide bonds. The number of carboxylic acid groups (broad SMARTS) is 1. The van der Waals surface area contributed by atoms with Crippen LogP contribution in [0.25, 0.3) is 20.8 Å².